The zero-order valence-corrected chi connectivity index (χ0v) is 19.4. The first kappa shape index (κ1) is 21.8. The second-order valence-electron chi connectivity index (χ2n) is 9.05. The zero-order chi connectivity index (χ0) is 23.9. The lowest BCUT2D eigenvalue weighted by atomic mass is 9.91. The summed E-state index contributed by atoms with van der Waals surface area (Å²) in [6, 6.07) is 14.7. The predicted octanol–water partition coefficient (Wildman–Crippen LogP) is 4.93. The van der Waals surface area contributed by atoms with Gasteiger partial charge in [-0.1, -0.05) is 24.3 Å². The number of rotatable bonds is 4. The van der Waals surface area contributed by atoms with Crippen LogP contribution >= 0.6 is 0 Å². The number of fused-ring (bicyclic) bond motifs is 3. The first-order chi connectivity index (χ1) is 16.3. The molecule has 0 spiro atoms. The molecule has 0 unspecified atom stereocenters. The van der Waals surface area contributed by atoms with Crippen LogP contribution in [0.25, 0.3) is 10.8 Å². The fourth-order valence-corrected chi connectivity index (χ4v) is 4.32. The fraction of sp³-hybridized carbons (Fsp3) is 0.259. The Morgan fingerprint density at radius 2 is 1.74 bits per heavy atom. The van der Waals surface area contributed by atoms with Crippen LogP contribution in [0.4, 0.5) is 5.69 Å². The minimum absolute atomic E-state index is 0.230. The van der Waals surface area contributed by atoms with Crippen molar-refractivity contribution in [1.82, 2.24) is 5.32 Å². The molecule has 2 aliphatic heterocycles. The number of anilines is 1. The van der Waals surface area contributed by atoms with E-state index in [0.717, 1.165) is 23.1 Å². The predicted molar refractivity (Wildman–Crippen MR) is 129 cm³/mol. The molecule has 1 N–H and O–H groups in total. The van der Waals surface area contributed by atoms with Crippen LogP contribution in [0.2, 0.25) is 0 Å². The molecule has 2 aliphatic rings. The number of hydrogen-bond donors (Lipinski definition) is 1. The maximum absolute atomic E-state index is 13.2. The molecular weight excluding hydrogens is 432 g/mol. The molecule has 3 aromatic rings. The first-order valence-electron chi connectivity index (χ1n) is 11.3. The summed E-state index contributed by atoms with van der Waals surface area (Å²) in [5.41, 5.74) is 1.73. The number of carbonyl (C=O) groups excluding carboxylic acids is 2. The molecule has 0 saturated carbocycles. The van der Waals surface area contributed by atoms with E-state index in [2.05, 4.69) is 5.32 Å². The Bertz CT molecular complexity index is 1310. The summed E-state index contributed by atoms with van der Waals surface area (Å²) in [5.74, 6) is 0.122. The molecule has 0 amide bonds. The zero-order valence-electron chi connectivity index (χ0n) is 19.4. The van der Waals surface area contributed by atoms with Crippen LogP contribution in [-0.4, -0.2) is 24.2 Å². The summed E-state index contributed by atoms with van der Waals surface area (Å²) >= 11 is 0. The molecule has 0 aliphatic carbocycles. The molecule has 7 heteroatoms. The highest BCUT2D eigenvalue weighted by Crippen LogP contribution is 2.50. The molecule has 5 rings (SSSR count). The summed E-state index contributed by atoms with van der Waals surface area (Å²) in [6.07, 6.45) is 5.17. The SMILES string of the molecule is CC(=O)Oc1c2c(c3ccccc3c1OC(=O)c1ccc(N3C=CNC3)cc1)OC(C)(C)CC2. The Hall–Kier alpha value is -4.00. The summed E-state index contributed by atoms with van der Waals surface area (Å²) in [6.45, 7) is 6.07. The highest BCUT2D eigenvalue weighted by molar-refractivity contribution is 6.01. The van der Waals surface area contributed by atoms with Gasteiger partial charge in [0.25, 0.3) is 0 Å². The maximum Gasteiger partial charge on any atom is 0.343 e. The van der Waals surface area contributed by atoms with Crippen molar-refractivity contribution in [3.63, 3.8) is 0 Å². The third-order valence-corrected chi connectivity index (χ3v) is 6.04. The number of nitrogens with zero attached hydrogens (tertiary/aromatic N) is 1. The average molecular weight is 459 g/mol. The molecule has 0 atom stereocenters. The van der Waals surface area contributed by atoms with E-state index in [4.69, 9.17) is 14.2 Å². The third kappa shape index (κ3) is 4.05. The molecule has 7 nitrogen and oxygen atoms in total. The lowest BCUT2D eigenvalue weighted by molar-refractivity contribution is -0.132. The van der Waals surface area contributed by atoms with E-state index in [1.165, 1.54) is 6.92 Å². The molecule has 0 radical (unpaired) electrons. The van der Waals surface area contributed by atoms with E-state index in [0.29, 0.717) is 29.8 Å². The molecular formula is C27H26N2O5. The molecule has 0 fully saturated rings. The highest BCUT2D eigenvalue weighted by atomic mass is 16.6. The van der Waals surface area contributed by atoms with Gasteiger partial charge < -0.3 is 24.4 Å². The van der Waals surface area contributed by atoms with Crippen molar-refractivity contribution in [2.45, 2.75) is 39.2 Å². The standard InChI is InChI=1S/C27H26N2O5/c1-17(30)32-25-22-12-13-27(2,3)34-23(22)20-6-4-5-7-21(20)24(25)33-26(31)18-8-10-19(11-9-18)29-15-14-28-16-29/h4-11,14-15,28H,12-13,16H2,1-3H3. The highest BCUT2D eigenvalue weighted by Gasteiger charge is 2.34. The van der Waals surface area contributed by atoms with E-state index in [1.807, 2.05) is 67.5 Å². The van der Waals surface area contributed by atoms with Gasteiger partial charge in [-0.25, -0.2) is 4.79 Å². The van der Waals surface area contributed by atoms with Gasteiger partial charge in [-0.2, -0.15) is 0 Å². The first-order valence-corrected chi connectivity index (χ1v) is 11.3. The third-order valence-electron chi connectivity index (χ3n) is 6.04. The Morgan fingerprint density at radius 3 is 2.41 bits per heavy atom. The molecule has 0 saturated heterocycles. The Balaban J connectivity index is 1.56. The normalized spacial score (nSPS) is 15.9. The van der Waals surface area contributed by atoms with E-state index in [9.17, 15) is 9.59 Å². The minimum atomic E-state index is -0.530. The van der Waals surface area contributed by atoms with Gasteiger partial charge >= 0.3 is 11.9 Å². The average Bonchev–Trinajstić information content (AvgIpc) is 3.35. The lowest BCUT2D eigenvalue weighted by Gasteiger charge is -2.34. The van der Waals surface area contributed by atoms with Gasteiger partial charge in [0.05, 0.1) is 12.2 Å². The Labute approximate surface area is 197 Å². The molecule has 174 valence electrons. The molecule has 0 bridgehead atoms. The summed E-state index contributed by atoms with van der Waals surface area (Å²) < 4.78 is 17.9. The number of ether oxygens (including phenoxy) is 3. The topological polar surface area (TPSA) is 77.1 Å². The van der Waals surface area contributed by atoms with E-state index >= 15 is 0 Å². The molecule has 34 heavy (non-hydrogen) atoms. The molecule has 2 heterocycles. The van der Waals surface area contributed by atoms with Crippen molar-refractivity contribution in [3.05, 3.63) is 72.1 Å². The van der Waals surface area contributed by atoms with Crippen molar-refractivity contribution >= 4 is 28.4 Å². The maximum atomic E-state index is 13.2. The van der Waals surface area contributed by atoms with Gasteiger partial charge in [0.1, 0.15) is 11.4 Å². The molecule has 3 aromatic carbocycles. The Kier molecular flexibility index (Phi) is 5.40. The van der Waals surface area contributed by atoms with Gasteiger partial charge in [-0.3, -0.25) is 4.79 Å². The number of esters is 2. The Morgan fingerprint density at radius 1 is 1.00 bits per heavy atom. The number of benzene rings is 3. The van der Waals surface area contributed by atoms with Crippen LogP contribution in [0.3, 0.4) is 0 Å². The van der Waals surface area contributed by atoms with Crippen LogP contribution in [0.5, 0.6) is 17.2 Å². The summed E-state index contributed by atoms with van der Waals surface area (Å²) in [4.78, 5) is 27.2. The van der Waals surface area contributed by atoms with Crippen molar-refractivity contribution in [2.75, 3.05) is 11.6 Å². The van der Waals surface area contributed by atoms with Crippen molar-refractivity contribution in [3.8, 4) is 17.2 Å². The van der Waals surface area contributed by atoms with Gasteiger partial charge in [-0.05, 0) is 51.0 Å². The van der Waals surface area contributed by atoms with Crippen LogP contribution in [-0.2, 0) is 11.2 Å². The van der Waals surface area contributed by atoms with E-state index < -0.39 is 11.9 Å². The largest absolute Gasteiger partial charge is 0.487 e. The number of carbonyl (C=O) groups is 2. The van der Waals surface area contributed by atoms with Crippen molar-refractivity contribution in [2.24, 2.45) is 0 Å². The van der Waals surface area contributed by atoms with Gasteiger partial charge in [0, 0.05) is 41.3 Å². The van der Waals surface area contributed by atoms with Crippen molar-refractivity contribution < 1.29 is 23.8 Å². The second kappa shape index (κ2) is 8.41. The van der Waals surface area contributed by atoms with Gasteiger partial charge in [0.2, 0.25) is 0 Å². The monoisotopic (exact) mass is 458 g/mol. The number of nitrogens with one attached hydrogen (secondary N) is 1. The fourth-order valence-electron chi connectivity index (χ4n) is 4.32. The smallest absolute Gasteiger partial charge is 0.343 e. The quantitative estimate of drug-likeness (QED) is 0.439. The number of hydrogen-bond acceptors (Lipinski definition) is 7. The van der Waals surface area contributed by atoms with Gasteiger partial charge in [0.15, 0.2) is 11.5 Å². The van der Waals surface area contributed by atoms with Crippen LogP contribution < -0.4 is 24.4 Å². The van der Waals surface area contributed by atoms with Crippen LogP contribution in [0.1, 0.15) is 43.1 Å². The molecule has 0 aromatic heterocycles. The van der Waals surface area contributed by atoms with Crippen LogP contribution in [0.15, 0.2) is 60.9 Å². The second-order valence-corrected chi connectivity index (χ2v) is 9.05. The summed E-state index contributed by atoms with van der Waals surface area (Å²) in [7, 11) is 0. The van der Waals surface area contributed by atoms with Crippen molar-refractivity contribution in [1.29, 1.82) is 0 Å². The van der Waals surface area contributed by atoms with E-state index in [-0.39, 0.29) is 17.1 Å². The minimum Gasteiger partial charge on any atom is -0.487 e. The lowest BCUT2D eigenvalue weighted by Crippen LogP contribution is -2.33. The van der Waals surface area contributed by atoms with Gasteiger partial charge in [-0.15, -0.1) is 0 Å². The van der Waals surface area contributed by atoms with E-state index in [1.54, 1.807) is 12.1 Å². The summed E-state index contributed by atoms with van der Waals surface area (Å²) in [5, 5.41) is 4.57. The van der Waals surface area contributed by atoms with Crippen LogP contribution in [0, 0.1) is 0 Å².